The van der Waals surface area contributed by atoms with Crippen molar-refractivity contribution in [2.24, 2.45) is 0 Å². The van der Waals surface area contributed by atoms with Crippen molar-refractivity contribution >= 4 is 27.2 Å². The van der Waals surface area contributed by atoms with Crippen LogP contribution in [0.5, 0.6) is 0 Å². The Hall–Kier alpha value is -2.85. The van der Waals surface area contributed by atoms with Crippen molar-refractivity contribution in [3.8, 4) is 0 Å². The minimum Gasteiger partial charge on any atom is -0.363 e. The molecule has 0 atom stereocenters. The molecule has 1 aliphatic heterocycles. The molecule has 2 aromatic rings. The van der Waals surface area contributed by atoms with Gasteiger partial charge in [-0.05, 0) is 43.3 Å². The van der Waals surface area contributed by atoms with Crippen LogP contribution in [0.2, 0.25) is 0 Å². The molecule has 0 aromatic heterocycles. The molecule has 1 heterocycles. The second-order valence-electron chi connectivity index (χ2n) is 6.36. The summed E-state index contributed by atoms with van der Waals surface area (Å²) < 4.78 is 39.7. The third-order valence-corrected chi connectivity index (χ3v) is 6.52. The Bertz CT molecular complexity index is 1020. The van der Waals surface area contributed by atoms with Crippen molar-refractivity contribution in [2.45, 2.75) is 11.8 Å². The van der Waals surface area contributed by atoms with Crippen LogP contribution >= 0.6 is 0 Å². The Kier molecular flexibility index (Phi) is 5.43. The molecule has 0 radical (unpaired) electrons. The van der Waals surface area contributed by atoms with E-state index >= 15 is 0 Å². The topological polar surface area (TPSA) is 101 Å². The maximum Gasteiger partial charge on any atom is 0.293 e. The number of carbonyl (C=O) groups is 1. The normalized spacial score (nSPS) is 15.4. The molecule has 1 saturated heterocycles. The molecule has 0 bridgehead atoms. The van der Waals surface area contributed by atoms with Crippen LogP contribution in [0.1, 0.15) is 17.3 Å². The van der Waals surface area contributed by atoms with E-state index in [4.69, 9.17) is 0 Å². The van der Waals surface area contributed by atoms with Crippen molar-refractivity contribution < 1.29 is 22.5 Å². The SMILES string of the molecule is CC(=O)c1ccc(N2CCN(S(=O)(=O)c3ccc(F)cc3)CC2)c([N+](=O)[O-])c1. The molecule has 1 fully saturated rings. The average molecular weight is 407 g/mol. The molecule has 0 N–H and O–H groups in total. The average Bonchev–Trinajstić information content (AvgIpc) is 2.68. The van der Waals surface area contributed by atoms with Crippen molar-refractivity contribution in [3.63, 3.8) is 0 Å². The molecule has 148 valence electrons. The summed E-state index contributed by atoms with van der Waals surface area (Å²) >= 11 is 0. The number of ketones is 1. The van der Waals surface area contributed by atoms with E-state index in [1.54, 1.807) is 4.90 Å². The van der Waals surface area contributed by atoms with Gasteiger partial charge in [0.1, 0.15) is 11.5 Å². The van der Waals surface area contributed by atoms with Gasteiger partial charge in [-0.25, -0.2) is 12.8 Å². The highest BCUT2D eigenvalue weighted by molar-refractivity contribution is 7.89. The first kappa shape index (κ1) is 19.9. The van der Waals surface area contributed by atoms with Crippen LogP contribution in [-0.2, 0) is 10.0 Å². The number of hydrogen-bond donors (Lipinski definition) is 0. The van der Waals surface area contributed by atoms with E-state index in [9.17, 15) is 27.7 Å². The van der Waals surface area contributed by atoms with Crippen molar-refractivity contribution in [2.75, 3.05) is 31.1 Å². The number of nitrogens with zero attached hydrogens (tertiary/aromatic N) is 3. The highest BCUT2D eigenvalue weighted by Gasteiger charge is 2.31. The molecule has 0 unspecified atom stereocenters. The van der Waals surface area contributed by atoms with Crippen LogP contribution in [0.4, 0.5) is 15.8 Å². The Morgan fingerprint density at radius 2 is 1.68 bits per heavy atom. The van der Waals surface area contributed by atoms with Crippen LogP contribution in [0.15, 0.2) is 47.4 Å². The number of piperazine rings is 1. The molecule has 0 amide bonds. The van der Waals surface area contributed by atoms with Gasteiger partial charge in [0.05, 0.1) is 9.82 Å². The maximum atomic E-state index is 13.0. The van der Waals surface area contributed by atoms with E-state index in [1.165, 1.54) is 41.6 Å². The third-order valence-electron chi connectivity index (χ3n) is 4.61. The lowest BCUT2D eigenvalue weighted by molar-refractivity contribution is -0.384. The van der Waals surface area contributed by atoms with Gasteiger partial charge in [0, 0.05) is 37.8 Å². The van der Waals surface area contributed by atoms with Gasteiger partial charge >= 0.3 is 0 Å². The molecular weight excluding hydrogens is 389 g/mol. The largest absolute Gasteiger partial charge is 0.363 e. The zero-order valence-electron chi connectivity index (χ0n) is 15.0. The second-order valence-corrected chi connectivity index (χ2v) is 8.30. The second kappa shape index (κ2) is 7.64. The minimum atomic E-state index is -3.77. The van der Waals surface area contributed by atoms with Crippen LogP contribution in [0.25, 0.3) is 0 Å². The number of halogens is 1. The Morgan fingerprint density at radius 1 is 1.07 bits per heavy atom. The summed E-state index contributed by atoms with van der Waals surface area (Å²) in [5.74, 6) is -0.796. The molecule has 3 rings (SSSR count). The smallest absolute Gasteiger partial charge is 0.293 e. The quantitative estimate of drug-likeness (QED) is 0.429. The highest BCUT2D eigenvalue weighted by atomic mass is 32.2. The van der Waals surface area contributed by atoms with Gasteiger partial charge in [-0.1, -0.05) is 0 Å². The summed E-state index contributed by atoms with van der Waals surface area (Å²) in [4.78, 5) is 24.1. The van der Waals surface area contributed by atoms with Gasteiger partial charge in [-0.2, -0.15) is 4.31 Å². The van der Waals surface area contributed by atoms with E-state index in [2.05, 4.69) is 0 Å². The van der Waals surface area contributed by atoms with Crippen LogP contribution in [0, 0.1) is 15.9 Å². The number of rotatable bonds is 5. The number of carbonyl (C=O) groups excluding carboxylic acids is 1. The molecule has 28 heavy (non-hydrogen) atoms. The van der Waals surface area contributed by atoms with Gasteiger partial charge in [0.15, 0.2) is 5.78 Å². The lowest BCUT2D eigenvalue weighted by Crippen LogP contribution is -2.48. The van der Waals surface area contributed by atoms with E-state index in [-0.39, 0.29) is 48.1 Å². The van der Waals surface area contributed by atoms with Crippen molar-refractivity contribution in [1.29, 1.82) is 0 Å². The summed E-state index contributed by atoms with van der Waals surface area (Å²) in [6.07, 6.45) is 0. The third kappa shape index (κ3) is 3.87. The first-order valence-electron chi connectivity index (χ1n) is 8.50. The molecule has 0 spiro atoms. The van der Waals surface area contributed by atoms with Gasteiger partial charge in [0.25, 0.3) is 5.69 Å². The van der Waals surface area contributed by atoms with Gasteiger partial charge in [-0.3, -0.25) is 14.9 Å². The molecule has 0 saturated carbocycles. The number of nitro benzene ring substituents is 1. The van der Waals surface area contributed by atoms with E-state index in [0.29, 0.717) is 5.69 Å². The summed E-state index contributed by atoms with van der Waals surface area (Å²) in [7, 11) is -3.77. The number of sulfonamides is 1. The summed E-state index contributed by atoms with van der Waals surface area (Å²) in [5, 5.41) is 11.4. The number of anilines is 1. The first-order valence-corrected chi connectivity index (χ1v) is 9.94. The van der Waals surface area contributed by atoms with Crippen LogP contribution in [-0.4, -0.2) is 49.6 Å². The molecular formula is C18H18FN3O5S. The van der Waals surface area contributed by atoms with Gasteiger partial charge in [-0.15, -0.1) is 0 Å². The lowest BCUT2D eigenvalue weighted by Gasteiger charge is -2.35. The number of nitro groups is 1. The van der Waals surface area contributed by atoms with Gasteiger partial charge < -0.3 is 4.90 Å². The Morgan fingerprint density at radius 3 is 2.21 bits per heavy atom. The molecule has 1 aliphatic rings. The van der Waals surface area contributed by atoms with Crippen LogP contribution < -0.4 is 4.90 Å². The predicted molar refractivity (Wildman–Crippen MR) is 100 cm³/mol. The zero-order valence-corrected chi connectivity index (χ0v) is 15.9. The lowest BCUT2D eigenvalue weighted by atomic mass is 10.1. The van der Waals surface area contributed by atoms with E-state index in [0.717, 1.165) is 12.1 Å². The maximum absolute atomic E-state index is 13.0. The first-order chi connectivity index (χ1) is 13.2. The molecule has 2 aromatic carbocycles. The summed E-state index contributed by atoms with van der Waals surface area (Å²) in [5.41, 5.74) is 0.393. The highest BCUT2D eigenvalue weighted by Crippen LogP contribution is 2.31. The standard InChI is InChI=1S/C18H18FN3O5S/c1-13(23)14-2-7-17(18(12-14)22(24)25)20-8-10-21(11-9-20)28(26,27)16-5-3-15(19)4-6-16/h2-7,12H,8-11H2,1H3. The Balaban J connectivity index is 1.79. The molecule has 10 heteroatoms. The van der Waals surface area contributed by atoms with Crippen LogP contribution in [0.3, 0.4) is 0 Å². The number of Topliss-reactive ketones (excluding diaryl/α,β-unsaturated/α-hetero) is 1. The summed E-state index contributed by atoms with van der Waals surface area (Å²) in [6, 6.07) is 8.86. The van der Waals surface area contributed by atoms with Crippen molar-refractivity contribution in [3.05, 3.63) is 64.0 Å². The van der Waals surface area contributed by atoms with E-state index < -0.39 is 20.8 Å². The van der Waals surface area contributed by atoms with Crippen molar-refractivity contribution in [1.82, 2.24) is 4.31 Å². The fraction of sp³-hybridized carbons (Fsp3) is 0.278. The minimum absolute atomic E-state index is 0.000795. The Labute approximate surface area is 161 Å². The fourth-order valence-corrected chi connectivity index (χ4v) is 4.50. The predicted octanol–water partition coefficient (Wildman–Crippen LogP) is 2.45. The number of benzene rings is 2. The zero-order chi connectivity index (χ0) is 20.5. The number of hydrogen-bond acceptors (Lipinski definition) is 6. The van der Waals surface area contributed by atoms with Gasteiger partial charge in [0.2, 0.25) is 10.0 Å². The molecule has 0 aliphatic carbocycles. The molecule has 8 nitrogen and oxygen atoms in total. The fourth-order valence-electron chi connectivity index (χ4n) is 3.08. The monoisotopic (exact) mass is 407 g/mol. The summed E-state index contributed by atoms with van der Waals surface area (Å²) in [6.45, 7) is 2.09. The van der Waals surface area contributed by atoms with E-state index in [1.807, 2.05) is 0 Å².